The molecule has 172 valence electrons. The highest BCUT2D eigenvalue weighted by Gasteiger charge is 2.31. The summed E-state index contributed by atoms with van der Waals surface area (Å²) in [5, 5.41) is 0.626. The number of benzene rings is 1. The summed E-state index contributed by atoms with van der Waals surface area (Å²) in [6.45, 7) is 6.75. The zero-order valence-corrected chi connectivity index (χ0v) is 18.7. The number of nitrogens with two attached hydrogens (primary N) is 1. The minimum atomic E-state index is -0.518. The Balaban J connectivity index is 1.24. The van der Waals surface area contributed by atoms with Crippen LogP contribution in [0.4, 0.5) is 5.69 Å². The van der Waals surface area contributed by atoms with Crippen molar-refractivity contribution >= 4 is 22.5 Å². The van der Waals surface area contributed by atoms with Crippen LogP contribution < -0.4 is 16.2 Å². The molecule has 2 aliphatic heterocycles. The molecule has 4 heterocycles. The molecule has 2 aliphatic rings. The van der Waals surface area contributed by atoms with E-state index in [0.717, 1.165) is 49.4 Å². The number of carbonyl (C=O) groups is 1. The summed E-state index contributed by atoms with van der Waals surface area (Å²) in [5.41, 5.74) is 8.23. The Morgan fingerprint density at radius 1 is 1.15 bits per heavy atom. The Labute approximate surface area is 191 Å². The molecule has 9 nitrogen and oxygen atoms in total. The van der Waals surface area contributed by atoms with Gasteiger partial charge in [0.1, 0.15) is 11.5 Å². The SMILES string of the molecule is Cc1ccc2nc(C3COCC(N4CCN(c5ccc(C(N)=O)nc5)CC4)C3)[nH]c(=O)c2c1. The molecular weight excluding hydrogens is 420 g/mol. The molecule has 1 aromatic carbocycles. The maximum Gasteiger partial charge on any atom is 0.267 e. The van der Waals surface area contributed by atoms with E-state index in [9.17, 15) is 9.59 Å². The third-order valence-electron chi connectivity index (χ3n) is 6.65. The monoisotopic (exact) mass is 448 g/mol. The molecule has 2 aromatic heterocycles. The van der Waals surface area contributed by atoms with E-state index in [1.54, 1.807) is 12.3 Å². The number of aromatic amines is 1. The van der Waals surface area contributed by atoms with Gasteiger partial charge in [-0.25, -0.2) is 9.97 Å². The fourth-order valence-corrected chi connectivity index (χ4v) is 4.78. The largest absolute Gasteiger partial charge is 0.379 e. The van der Waals surface area contributed by atoms with Crippen LogP contribution >= 0.6 is 0 Å². The first-order valence-corrected chi connectivity index (χ1v) is 11.3. The molecule has 3 N–H and O–H groups in total. The maximum atomic E-state index is 12.6. The molecular formula is C24H28N6O3. The summed E-state index contributed by atoms with van der Waals surface area (Å²) in [6, 6.07) is 9.61. The predicted octanol–water partition coefficient (Wildman–Crippen LogP) is 1.42. The number of aromatic nitrogens is 3. The van der Waals surface area contributed by atoms with Crippen LogP contribution in [0.25, 0.3) is 10.9 Å². The first-order valence-electron chi connectivity index (χ1n) is 11.3. The lowest BCUT2D eigenvalue weighted by atomic mass is 9.95. The van der Waals surface area contributed by atoms with Crippen molar-refractivity contribution in [3.63, 3.8) is 0 Å². The van der Waals surface area contributed by atoms with Gasteiger partial charge in [-0.2, -0.15) is 0 Å². The third kappa shape index (κ3) is 4.46. The smallest absolute Gasteiger partial charge is 0.267 e. The molecule has 3 aromatic rings. The van der Waals surface area contributed by atoms with Crippen LogP contribution in [-0.4, -0.2) is 71.2 Å². The quantitative estimate of drug-likeness (QED) is 0.620. The number of carbonyl (C=O) groups excluding carboxylic acids is 1. The average molecular weight is 449 g/mol. The zero-order chi connectivity index (χ0) is 22.9. The van der Waals surface area contributed by atoms with Gasteiger partial charge in [-0.15, -0.1) is 0 Å². The number of primary amides is 1. The number of fused-ring (bicyclic) bond motifs is 1. The second kappa shape index (κ2) is 8.92. The number of anilines is 1. The van der Waals surface area contributed by atoms with Crippen molar-refractivity contribution in [2.24, 2.45) is 5.73 Å². The van der Waals surface area contributed by atoms with Crippen molar-refractivity contribution in [1.29, 1.82) is 0 Å². The lowest BCUT2D eigenvalue weighted by molar-refractivity contribution is 0.00213. The zero-order valence-electron chi connectivity index (χ0n) is 18.7. The van der Waals surface area contributed by atoms with Crippen LogP contribution in [0, 0.1) is 6.92 Å². The van der Waals surface area contributed by atoms with E-state index in [4.69, 9.17) is 15.5 Å². The molecule has 2 atom stereocenters. The van der Waals surface area contributed by atoms with Crippen molar-refractivity contribution in [1.82, 2.24) is 19.9 Å². The van der Waals surface area contributed by atoms with Gasteiger partial charge < -0.3 is 20.4 Å². The van der Waals surface area contributed by atoms with Crippen LogP contribution in [0.15, 0.2) is 41.3 Å². The highest BCUT2D eigenvalue weighted by Crippen LogP contribution is 2.27. The number of hydrogen-bond acceptors (Lipinski definition) is 7. The van der Waals surface area contributed by atoms with Crippen LogP contribution in [0.5, 0.6) is 0 Å². The molecule has 0 saturated carbocycles. The van der Waals surface area contributed by atoms with Crippen molar-refractivity contribution in [3.8, 4) is 0 Å². The summed E-state index contributed by atoms with van der Waals surface area (Å²) < 4.78 is 5.95. The van der Waals surface area contributed by atoms with Crippen molar-refractivity contribution in [3.05, 3.63) is 64.0 Å². The number of rotatable bonds is 4. The van der Waals surface area contributed by atoms with Gasteiger partial charge in [0.15, 0.2) is 0 Å². The van der Waals surface area contributed by atoms with Gasteiger partial charge in [0.25, 0.3) is 11.5 Å². The normalized spacial score (nSPS) is 21.9. The average Bonchev–Trinajstić information content (AvgIpc) is 2.84. The molecule has 5 rings (SSSR count). The Hall–Kier alpha value is -3.30. The van der Waals surface area contributed by atoms with Gasteiger partial charge in [0.05, 0.1) is 36.0 Å². The minimum absolute atomic E-state index is 0.0609. The molecule has 0 aliphatic carbocycles. The maximum absolute atomic E-state index is 12.6. The fourth-order valence-electron chi connectivity index (χ4n) is 4.78. The molecule has 33 heavy (non-hydrogen) atoms. The molecule has 0 bridgehead atoms. The van der Waals surface area contributed by atoms with Crippen LogP contribution in [0.3, 0.4) is 0 Å². The highest BCUT2D eigenvalue weighted by molar-refractivity contribution is 5.90. The number of pyridine rings is 1. The number of nitrogens with one attached hydrogen (secondary N) is 1. The summed E-state index contributed by atoms with van der Waals surface area (Å²) in [5.74, 6) is 0.251. The van der Waals surface area contributed by atoms with Crippen LogP contribution in [-0.2, 0) is 4.74 Å². The van der Waals surface area contributed by atoms with Crippen molar-refractivity contribution < 1.29 is 9.53 Å². The van der Waals surface area contributed by atoms with E-state index < -0.39 is 5.91 Å². The van der Waals surface area contributed by atoms with Gasteiger partial charge in [0.2, 0.25) is 0 Å². The number of amides is 1. The van der Waals surface area contributed by atoms with E-state index in [1.165, 1.54) is 0 Å². The van der Waals surface area contributed by atoms with E-state index >= 15 is 0 Å². The molecule has 0 radical (unpaired) electrons. The van der Waals surface area contributed by atoms with Crippen molar-refractivity contribution in [2.75, 3.05) is 44.3 Å². The number of H-pyrrole nitrogens is 1. The van der Waals surface area contributed by atoms with Gasteiger partial charge in [-0.3, -0.25) is 14.5 Å². The second-order valence-electron chi connectivity index (χ2n) is 8.88. The standard InChI is InChI=1S/C24H28N6O3/c1-15-2-4-20-19(10-15)24(32)28-23(27-20)16-11-18(14-33-13-16)30-8-6-29(7-9-30)17-3-5-21(22(25)31)26-12-17/h2-5,10,12,16,18H,6-9,11,13-14H2,1H3,(H2,25,31)(H,27,28,32). The predicted molar refractivity (Wildman–Crippen MR) is 126 cm³/mol. The first-order chi connectivity index (χ1) is 16.0. The van der Waals surface area contributed by atoms with E-state index in [-0.39, 0.29) is 23.2 Å². The molecule has 0 spiro atoms. The second-order valence-corrected chi connectivity index (χ2v) is 8.88. The lowest BCUT2D eigenvalue weighted by Gasteiger charge is -2.42. The molecule has 9 heteroatoms. The van der Waals surface area contributed by atoms with Crippen molar-refractivity contribution in [2.45, 2.75) is 25.3 Å². The highest BCUT2D eigenvalue weighted by atomic mass is 16.5. The molecule has 2 unspecified atom stereocenters. The summed E-state index contributed by atoms with van der Waals surface area (Å²) >= 11 is 0. The van der Waals surface area contributed by atoms with E-state index in [0.29, 0.717) is 24.4 Å². The summed E-state index contributed by atoms with van der Waals surface area (Å²) in [4.78, 5) is 40.5. The third-order valence-corrected chi connectivity index (χ3v) is 6.65. The Kier molecular flexibility index (Phi) is 5.82. The molecule has 2 fully saturated rings. The van der Waals surface area contributed by atoms with Gasteiger partial charge in [-0.1, -0.05) is 11.6 Å². The van der Waals surface area contributed by atoms with Gasteiger partial charge >= 0.3 is 0 Å². The van der Waals surface area contributed by atoms with E-state index in [1.807, 2.05) is 31.2 Å². The molecule has 1 amide bonds. The number of hydrogen-bond donors (Lipinski definition) is 2. The fraction of sp³-hybridized carbons (Fsp3) is 0.417. The summed E-state index contributed by atoms with van der Waals surface area (Å²) in [7, 11) is 0. The topological polar surface area (TPSA) is 117 Å². The number of aryl methyl sites for hydroxylation is 1. The van der Waals surface area contributed by atoms with Crippen LogP contribution in [0.2, 0.25) is 0 Å². The summed E-state index contributed by atoms with van der Waals surface area (Å²) in [6.07, 6.45) is 2.61. The number of nitrogens with zero attached hydrogens (tertiary/aromatic N) is 4. The molecule has 2 saturated heterocycles. The Morgan fingerprint density at radius 3 is 2.70 bits per heavy atom. The first kappa shape index (κ1) is 21.5. The Morgan fingerprint density at radius 2 is 1.97 bits per heavy atom. The van der Waals surface area contributed by atoms with Crippen LogP contribution in [0.1, 0.15) is 34.2 Å². The Bertz CT molecular complexity index is 1220. The van der Waals surface area contributed by atoms with Gasteiger partial charge in [-0.05, 0) is 37.6 Å². The van der Waals surface area contributed by atoms with Gasteiger partial charge in [0, 0.05) is 38.1 Å². The number of ether oxygens (including phenoxy) is 1. The van der Waals surface area contributed by atoms with E-state index in [2.05, 4.69) is 19.8 Å². The number of piperazine rings is 1. The lowest BCUT2D eigenvalue weighted by Crippen LogP contribution is -2.53. The minimum Gasteiger partial charge on any atom is -0.379 e.